The third-order valence-corrected chi connectivity index (χ3v) is 6.40. The highest BCUT2D eigenvalue weighted by Crippen LogP contribution is 2.35. The van der Waals surface area contributed by atoms with Crippen molar-refractivity contribution >= 4 is 28.5 Å². The molecule has 0 spiro atoms. The quantitative estimate of drug-likeness (QED) is 0.439. The number of nitrogens with one attached hydrogen (secondary N) is 1. The number of nitriles is 1. The van der Waals surface area contributed by atoms with Gasteiger partial charge in [-0.3, -0.25) is 10.1 Å². The van der Waals surface area contributed by atoms with E-state index in [1.54, 1.807) is 13.2 Å². The minimum Gasteiger partial charge on any atom is -0.497 e. The van der Waals surface area contributed by atoms with Crippen molar-refractivity contribution < 1.29 is 9.53 Å². The van der Waals surface area contributed by atoms with E-state index in [1.807, 2.05) is 53.2 Å². The summed E-state index contributed by atoms with van der Waals surface area (Å²) < 4.78 is 7.10. The summed E-state index contributed by atoms with van der Waals surface area (Å²) in [5.74, 6) is 0.696. The highest BCUT2D eigenvalue weighted by atomic mass is 32.1. The lowest BCUT2D eigenvalue weighted by atomic mass is 9.90. The highest BCUT2D eigenvalue weighted by Gasteiger charge is 2.21. The van der Waals surface area contributed by atoms with Crippen LogP contribution in [0, 0.1) is 11.3 Å². The molecule has 0 bridgehead atoms. The van der Waals surface area contributed by atoms with Gasteiger partial charge in [-0.1, -0.05) is 30.6 Å². The Morgan fingerprint density at radius 1 is 1.23 bits per heavy atom. The lowest BCUT2D eigenvalue weighted by Crippen LogP contribution is -2.13. The summed E-state index contributed by atoms with van der Waals surface area (Å²) in [7, 11) is 1.62. The molecule has 2 heterocycles. The molecule has 1 amide bonds. The molecule has 0 radical (unpaired) electrons. The van der Waals surface area contributed by atoms with Crippen molar-refractivity contribution in [2.45, 2.75) is 38.0 Å². The van der Waals surface area contributed by atoms with Crippen molar-refractivity contribution in [1.29, 1.82) is 5.26 Å². The van der Waals surface area contributed by atoms with E-state index in [0.29, 0.717) is 11.0 Å². The molecular weight excluding hydrogens is 410 g/mol. The Morgan fingerprint density at radius 2 is 2.00 bits per heavy atom. The number of methoxy groups -OCH3 is 1. The average Bonchev–Trinajstić information content (AvgIpc) is 3.47. The molecule has 8 heteroatoms. The number of rotatable bonds is 6. The maximum Gasteiger partial charge on any atom is 0.268 e. The minimum absolute atomic E-state index is 0.00266. The molecular formula is C23H23N5O2S. The Morgan fingerprint density at radius 3 is 2.71 bits per heavy atom. The van der Waals surface area contributed by atoms with E-state index >= 15 is 0 Å². The third kappa shape index (κ3) is 4.84. The van der Waals surface area contributed by atoms with Gasteiger partial charge in [-0.25, -0.2) is 0 Å². The predicted octanol–water partition coefficient (Wildman–Crippen LogP) is 4.93. The number of hydrogen-bond acceptors (Lipinski definition) is 6. The Kier molecular flexibility index (Phi) is 6.43. The summed E-state index contributed by atoms with van der Waals surface area (Å²) in [6, 6.07) is 13.3. The highest BCUT2D eigenvalue weighted by molar-refractivity contribution is 7.15. The van der Waals surface area contributed by atoms with Gasteiger partial charge in [0.2, 0.25) is 5.13 Å². The molecule has 0 aliphatic heterocycles. The second-order valence-electron chi connectivity index (χ2n) is 7.41. The van der Waals surface area contributed by atoms with E-state index in [-0.39, 0.29) is 5.57 Å². The maximum absolute atomic E-state index is 12.7. The number of carbonyl (C=O) groups is 1. The van der Waals surface area contributed by atoms with E-state index < -0.39 is 5.91 Å². The smallest absolute Gasteiger partial charge is 0.268 e. The van der Waals surface area contributed by atoms with E-state index in [9.17, 15) is 10.1 Å². The molecule has 0 atom stereocenters. The fourth-order valence-corrected chi connectivity index (χ4v) is 4.66. The normalized spacial score (nSPS) is 14.8. The van der Waals surface area contributed by atoms with Crippen molar-refractivity contribution in [1.82, 2.24) is 14.8 Å². The predicted molar refractivity (Wildman–Crippen MR) is 120 cm³/mol. The topological polar surface area (TPSA) is 92.8 Å². The molecule has 1 aliphatic rings. The zero-order valence-electron chi connectivity index (χ0n) is 17.2. The molecule has 1 fully saturated rings. The van der Waals surface area contributed by atoms with Crippen LogP contribution in [0.4, 0.5) is 5.13 Å². The fraction of sp³-hybridized carbons (Fsp3) is 0.304. The first-order valence-electron chi connectivity index (χ1n) is 10.3. The van der Waals surface area contributed by atoms with Crippen LogP contribution in [0.3, 0.4) is 0 Å². The second-order valence-corrected chi connectivity index (χ2v) is 8.41. The van der Waals surface area contributed by atoms with Crippen molar-refractivity contribution in [2.75, 3.05) is 12.4 Å². The molecule has 1 aromatic carbocycles. The summed E-state index contributed by atoms with van der Waals surface area (Å²) in [5, 5.41) is 22.1. The first kappa shape index (κ1) is 20.8. The van der Waals surface area contributed by atoms with E-state index in [2.05, 4.69) is 15.5 Å². The van der Waals surface area contributed by atoms with Gasteiger partial charge in [-0.15, -0.1) is 10.2 Å². The van der Waals surface area contributed by atoms with Crippen LogP contribution in [0.25, 0.3) is 11.8 Å². The number of benzene rings is 1. The lowest BCUT2D eigenvalue weighted by Gasteiger charge is -2.18. The van der Waals surface area contributed by atoms with Gasteiger partial charge >= 0.3 is 0 Å². The van der Waals surface area contributed by atoms with Gasteiger partial charge in [0.1, 0.15) is 22.4 Å². The molecule has 0 saturated heterocycles. The zero-order chi connectivity index (χ0) is 21.6. The van der Waals surface area contributed by atoms with Crippen LogP contribution in [-0.4, -0.2) is 27.8 Å². The molecule has 3 aromatic rings. The molecule has 1 saturated carbocycles. The summed E-state index contributed by atoms with van der Waals surface area (Å²) in [4.78, 5) is 12.7. The number of anilines is 1. The van der Waals surface area contributed by atoms with Crippen molar-refractivity contribution in [3.63, 3.8) is 0 Å². The average molecular weight is 434 g/mol. The first-order valence-corrected chi connectivity index (χ1v) is 11.1. The van der Waals surface area contributed by atoms with E-state index in [1.165, 1.54) is 30.6 Å². The number of hydrogen-bond donors (Lipinski definition) is 1. The SMILES string of the molecule is COc1ccc(-n2cccc2/C=C(/C#N)C(=O)Nc2nnc(C3CCCCC3)s2)cc1. The summed E-state index contributed by atoms with van der Waals surface area (Å²) in [6.07, 6.45) is 9.38. The Balaban J connectivity index is 1.50. The van der Waals surface area contributed by atoms with Gasteiger partial charge in [-0.2, -0.15) is 5.26 Å². The molecule has 7 nitrogen and oxygen atoms in total. The number of amides is 1. The van der Waals surface area contributed by atoms with Crippen molar-refractivity contribution in [3.8, 4) is 17.5 Å². The van der Waals surface area contributed by atoms with Gasteiger partial charge in [0.15, 0.2) is 0 Å². The number of carbonyl (C=O) groups excluding carboxylic acids is 1. The zero-order valence-corrected chi connectivity index (χ0v) is 18.1. The molecule has 1 N–H and O–H groups in total. The van der Waals surface area contributed by atoms with Crippen LogP contribution in [0.1, 0.15) is 48.7 Å². The standard InChI is InChI=1S/C23H23N5O2S/c1-30-20-11-9-18(10-12-20)28-13-5-8-19(28)14-17(15-24)21(29)25-23-27-26-22(31-23)16-6-3-2-4-7-16/h5,8-14,16H,2-4,6-7H2,1H3,(H,25,27,29)/b17-14-. The second kappa shape index (κ2) is 9.58. The number of nitrogens with zero attached hydrogens (tertiary/aromatic N) is 4. The Labute approximate surface area is 185 Å². The molecule has 31 heavy (non-hydrogen) atoms. The van der Waals surface area contributed by atoms with Crippen LogP contribution in [0.2, 0.25) is 0 Å². The van der Waals surface area contributed by atoms with Gasteiger partial charge in [0.05, 0.1) is 7.11 Å². The molecule has 0 unspecified atom stereocenters. The van der Waals surface area contributed by atoms with Crippen molar-refractivity contribution in [2.24, 2.45) is 0 Å². The maximum atomic E-state index is 12.7. The number of aromatic nitrogens is 3. The minimum atomic E-state index is -0.490. The third-order valence-electron chi connectivity index (χ3n) is 5.40. The van der Waals surface area contributed by atoms with Crippen LogP contribution in [0.5, 0.6) is 5.75 Å². The Bertz CT molecular complexity index is 1120. The first-order chi connectivity index (χ1) is 15.2. The van der Waals surface area contributed by atoms with E-state index in [0.717, 1.165) is 35.0 Å². The molecule has 2 aromatic heterocycles. The van der Waals surface area contributed by atoms with Crippen LogP contribution in [-0.2, 0) is 4.79 Å². The van der Waals surface area contributed by atoms with Crippen molar-refractivity contribution in [3.05, 3.63) is 58.9 Å². The largest absolute Gasteiger partial charge is 0.497 e. The van der Waals surface area contributed by atoms with Crippen LogP contribution in [0.15, 0.2) is 48.2 Å². The van der Waals surface area contributed by atoms with Gasteiger partial charge in [0, 0.05) is 23.5 Å². The summed E-state index contributed by atoms with van der Waals surface area (Å²) >= 11 is 1.40. The van der Waals surface area contributed by atoms with Gasteiger partial charge in [0.25, 0.3) is 5.91 Å². The summed E-state index contributed by atoms with van der Waals surface area (Å²) in [5.41, 5.74) is 1.62. The summed E-state index contributed by atoms with van der Waals surface area (Å²) in [6.45, 7) is 0. The van der Waals surface area contributed by atoms with Crippen LogP contribution >= 0.6 is 11.3 Å². The van der Waals surface area contributed by atoms with Gasteiger partial charge < -0.3 is 9.30 Å². The van der Waals surface area contributed by atoms with Gasteiger partial charge in [-0.05, 0) is 55.3 Å². The molecule has 4 rings (SSSR count). The van der Waals surface area contributed by atoms with E-state index in [4.69, 9.17) is 4.74 Å². The number of ether oxygens (including phenoxy) is 1. The fourth-order valence-electron chi connectivity index (χ4n) is 3.75. The molecule has 158 valence electrons. The van der Waals surface area contributed by atoms with Crippen LogP contribution < -0.4 is 10.1 Å². The Hall–Kier alpha value is -3.44. The molecule has 1 aliphatic carbocycles. The lowest BCUT2D eigenvalue weighted by molar-refractivity contribution is -0.112. The monoisotopic (exact) mass is 433 g/mol.